The van der Waals surface area contributed by atoms with Crippen LogP contribution in [0.1, 0.15) is 75.7 Å². The van der Waals surface area contributed by atoms with Crippen LogP contribution in [0.25, 0.3) is 0 Å². The lowest BCUT2D eigenvalue weighted by Crippen LogP contribution is -2.45. The third-order valence-corrected chi connectivity index (χ3v) is 4.42. The summed E-state index contributed by atoms with van der Waals surface area (Å²) in [5.74, 6) is 0.360. The summed E-state index contributed by atoms with van der Waals surface area (Å²) in [6, 6.07) is 6.64. The number of nitrogens with one attached hydrogen (secondary N) is 1. The van der Waals surface area contributed by atoms with Crippen LogP contribution in [0.15, 0.2) is 24.3 Å². The molecule has 3 N–H and O–H groups in total. The molecular weight excluding hydrogens is 325 g/mol. The average Bonchev–Trinajstić information content (AvgIpc) is 2.57. The van der Waals surface area contributed by atoms with E-state index >= 15 is 0 Å². The average molecular weight is 365 g/mol. The second-order valence-electron chi connectivity index (χ2n) is 7.63. The standard InChI is InChI=1S/C17H28BNO3.2C2H6/c1-12(2)11-17(6,16(3,4)5)15(20)19-14-9-7-8-13(10-14)18(21)22;2*1-2/h7-10,12,21-22H,11H2,1-6H3,(H,19,20);2*1-2H3. The number of anilines is 1. The molecule has 1 aromatic carbocycles. The Balaban J connectivity index is 0. The van der Waals surface area contributed by atoms with Crippen molar-refractivity contribution in [2.24, 2.45) is 16.7 Å². The maximum Gasteiger partial charge on any atom is 0.488 e. The molecule has 0 aliphatic heterocycles. The first kappa shape index (κ1) is 26.9. The van der Waals surface area contributed by atoms with Gasteiger partial charge in [0.05, 0.1) is 5.41 Å². The summed E-state index contributed by atoms with van der Waals surface area (Å²) in [7, 11) is -1.54. The number of rotatable bonds is 5. The quantitative estimate of drug-likeness (QED) is 0.675. The van der Waals surface area contributed by atoms with E-state index < -0.39 is 12.5 Å². The molecule has 0 saturated carbocycles. The van der Waals surface area contributed by atoms with Crippen LogP contribution in [-0.2, 0) is 4.79 Å². The molecule has 26 heavy (non-hydrogen) atoms. The van der Waals surface area contributed by atoms with Crippen LogP contribution >= 0.6 is 0 Å². The van der Waals surface area contributed by atoms with E-state index in [4.69, 9.17) is 0 Å². The van der Waals surface area contributed by atoms with E-state index in [0.717, 1.165) is 6.42 Å². The van der Waals surface area contributed by atoms with Crippen LogP contribution in [0.2, 0.25) is 0 Å². The summed E-state index contributed by atoms with van der Waals surface area (Å²) in [5.41, 5.74) is 0.235. The molecule has 1 rings (SSSR count). The van der Waals surface area contributed by atoms with Gasteiger partial charge in [0.1, 0.15) is 0 Å². The van der Waals surface area contributed by atoms with E-state index in [1.807, 2.05) is 34.6 Å². The van der Waals surface area contributed by atoms with Gasteiger partial charge < -0.3 is 15.4 Å². The van der Waals surface area contributed by atoms with Crippen molar-refractivity contribution in [1.29, 1.82) is 0 Å². The lowest BCUT2D eigenvalue weighted by Gasteiger charge is -2.41. The van der Waals surface area contributed by atoms with Crippen LogP contribution in [-0.4, -0.2) is 23.1 Å². The number of hydrogen-bond donors (Lipinski definition) is 3. The van der Waals surface area contributed by atoms with Gasteiger partial charge in [-0.2, -0.15) is 0 Å². The third-order valence-electron chi connectivity index (χ3n) is 4.42. The van der Waals surface area contributed by atoms with Crippen LogP contribution in [0, 0.1) is 16.7 Å². The summed E-state index contributed by atoms with van der Waals surface area (Å²) in [4.78, 5) is 12.9. The van der Waals surface area contributed by atoms with Crippen LogP contribution in [0.4, 0.5) is 5.69 Å². The number of hydrogen-bond acceptors (Lipinski definition) is 3. The molecule has 0 bridgehead atoms. The van der Waals surface area contributed by atoms with Crippen molar-refractivity contribution in [1.82, 2.24) is 0 Å². The smallest absolute Gasteiger partial charge is 0.423 e. The molecule has 150 valence electrons. The SMILES string of the molecule is CC.CC.CC(C)CC(C)(C(=O)Nc1cccc(B(O)O)c1)C(C)(C)C. The molecule has 1 amide bonds. The van der Waals surface area contributed by atoms with Gasteiger partial charge in [-0.05, 0) is 35.3 Å². The zero-order valence-electron chi connectivity index (χ0n) is 18.5. The molecule has 0 spiro atoms. The Morgan fingerprint density at radius 1 is 1.08 bits per heavy atom. The Kier molecular flexibility index (Phi) is 12.6. The highest BCUT2D eigenvalue weighted by Gasteiger charge is 2.44. The molecule has 0 saturated heterocycles. The molecule has 0 aliphatic rings. The van der Waals surface area contributed by atoms with Crippen molar-refractivity contribution >= 4 is 24.2 Å². The summed E-state index contributed by atoms with van der Waals surface area (Å²) < 4.78 is 0. The van der Waals surface area contributed by atoms with Crippen LogP contribution in [0.5, 0.6) is 0 Å². The van der Waals surface area contributed by atoms with Gasteiger partial charge in [-0.3, -0.25) is 4.79 Å². The van der Waals surface area contributed by atoms with Crippen molar-refractivity contribution in [3.63, 3.8) is 0 Å². The molecule has 0 fully saturated rings. The Morgan fingerprint density at radius 3 is 1.96 bits per heavy atom. The summed E-state index contributed by atoms with van der Waals surface area (Å²) in [6.07, 6.45) is 0.782. The van der Waals surface area contributed by atoms with Crippen molar-refractivity contribution in [2.75, 3.05) is 5.32 Å². The number of benzene rings is 1. The normalized spacial score (nSPS) is 12.8. The highest BCUT2D eigenvalue weighted by atomic mass is 16.4. The molecule has 1 atom stereocenters. The highest BCUT2D eigenvalue weighted by Crippen LogP contribution is 2.44. The molecule has 1 aromatic rings. The largest absolute Gasteiger partial charge is 0.488 e. The fourth-order valence-corrected chi connectivity index (χ4v) is 2.60. The van der Waals surface area contributed by atoms with E-state index in [2.05, 4.69) is 39.9 Å². The molecule has 0 heterocycles. The van der Waals surface area contributed by atoms with Crippen molar-refractivity contribution in [2.45, 2.75) is 75.7 Å². The van der Waals surface area contributed by atoms with Crippen molar-refractivity contribution in [3.05, 3.63) is 24.3 Å². The van der Waals surface area contributed by atoms with Gasteiger partial charge >= 0.3 is 7.12 Å². The summed E-state index contributed by atoms with van der Waals surface area (Å²) in [6.45, 7) is 20.4. The molecule has 0 aromatic heterocycles. The maximum absolute atomic E-state index is 12.9. The highest BCUT2D eigenvalue weighted by molar-refractivity contribution is 6.58. The van der Waals surface area contributed by atoms with E-state index in [0.29, 0.717) is 17.1 Å². The van der Waals surface area contributed by atoms with Gasteiger partial charge in [-0.1, -0.05) is 81.4 Å². The van der Waals surface area contributed by atoms with Gasteiger partial charge in [-0.15, -0.1) is 0 Å². The molecule has 4 nitrogen and oxygen atoms in total. The zero-order chi connectivity index (χ0) is 21.1. The monoisotopic (exact) mass is 365 g/mol. The second kappa shape index (κ2) is 12.1. The number of amides is 1. The molecule has 5 heteroatoms. The summed E-state index contributed by atoms with van der Waals surface area (Å²) in [5, 5.41) is 21.4. The lowest BCUT2D eigenvalue weighted by atomic mass is 9.63. The second-order valence-corrected chi connectivity index (χ2v) is 7.63. The Bertz CT molecular complexity index is 524. The predicted octanol–water partition coefficient (Wildman–Crippen LogP) is 4.46. The van der Waals surface area contributed by atoms with E-state index in [9.17, 15) is 14.8 Å². The fraction of sp³-hybridized carbons (Fsp3) is 0.667. The van der Waals surface area contributed by atoms with E-state index in [1.54, 1.807) is 24.3 Å². The van der Waals surface area contributed by atoms with Crippen molar-refractivity contribution < 1.29 is 14.8 Å². The maximum atomic E-state index is 12.9. The predicted molar refractivity (Wildman–Crippen MR) is 115 cm³/mol. The van der Waals surface area contributed by atoms with Gasteiger partial charge in [-0.25, -0.2) is 0 Å². The summed E-state index contributed by atoms with van der Waals surface area (Å²) >= 11 is 0. The van der Waals surface area contributed by atoms with Crippen molar-refractivity contribution in [3.8, 4) is 0 Å². The molecule has 0 aliphatic carbocycles. The topological polar surface area (TPSA) is 69.6 Å². The first-order chi connectivity index (χ1) is 12.0. The Morgan fingerprint density at radius 2 is 1.58 bits per heavy atom. The minimum atomic E-state index is -1.54. The first-order valence-electron chi connectivity index (χ1n) is 9.75. The molecule has 1 unspecified atom stereocenters. The van der Waals surface area contributed by atoms with E-state index in [-0.39, 0.29) is 11.3 Å². The molecular formula is C21H40BNO3. The van der Waals surface area contributed by atoms with Gasteiger partial charge in [0, 0.05) is 5.69 Å². The number of carbonyl (C=O) groups is 1. The fourth-order valence-electron chi connectivity index (χ4n) is 2.60. The van der Waals surface area contributed by atoms with E-state index in [1.165, 1.54) is 0 Å². The van der Waals surface area contributed by atoms with Gasteiger partial charge in [0.15, 0.2) is 0 Å². The van der Waals surface area contributed by atoms with Gasteiger partial charge in [0.2, 0.25) is 5.91 Å². The zero-order valence-corrected chi connectivity index (χ0v) is 18.5. The molecule has 0 radical (unpaired) electrons. The van der Waals surface area contributed by atoms with Gasteiger partial charge in [0.25, 0.3) is 0 Å². The minimum absolute atomic E-state index is 0.0433. The first-order valence-corrected chi connectivity index (χ1v) is 9.75. The lowest BCUT2D eigenvalue weighted by molar-refractivity contribution is -0.131. The minimum Gasteiger partial charge on any atom is -0.423 e. The number of carbonyl (C=O) groups excluding carboxylic acids is 1. The Labute approximate surface area is 161 Å². The van der Waals surface area contributed by atoms with Crippen LogP contribution in [0.3, 0.4) is 0 Å². The third kappa shape index (κ3) is 7.92. The Hall–Kier alpha value is -1.33. The van der Waals surface area contributed by atoms with Crippen LogP contribution < -0.4 is 10.8 Å².